The predicted molar refractivity (Wildman–Crippen MR) is 296 cm³/mol. The predicted octanol–water partition coefficient (Wildman–Crippen LogP) is -17.9. The van der Waals surface area contributed by atoms with Gasteiger partial charge in [-0.15, -0.1) is 0 Å². The van der Waals surface area contributed by atoms with Crippen LogP contribution in [0.1, 0.15) is 0 Å². The highest BCUT2D eigenvalue weighted by Crippen LogP contribution is 2.36. The fourth-order valence-electron chi connectivity index (χ4n) is 12.7. The fourth-order valence-corrected chi connectivity index (χ4v) is 12.7. The molecule has 11 fully saturated rings. The molecule has 0 saturated carbocycles. The quantitative estimate of drug-likeness (QED) is 0.0507. The van der Waals surface area contributed by atoms with E-state index in [0.29, 0.717) is 0 Å². The Balaban J connectivity index is 0.570. The maximum atomic E-state index is 11.1. The van der Waals surface area contributed by atoms with Crippen LogP contribution in [0.3, 0.4) is 0 Å². The summed E-state index contributed by atoms with van der Waals surface area (Å²) < 4.78 is 116. The van der Waals surface area contributed by atoms with Crippen LogP contribution in [-0.4, -0.2) is 466 Å². The highest BCUT2D eigenvalue weighted by molar-refractivity contribution is 4.98. The third-order valence-corrected chi connectivity index (χ3v) is 18.9. The Kier molecular flexibility index (Phi) is 27.1. The lowest BCUT2D eigenvalue weighted by molar-refractivity contribution is -0.371. The van der Waals surface area contributed by atoms with Crippen molar-refractivity contribution in [2.75, 3.05) is 72.7 Å². The summed E-state index contributed by atoms with van der Waals surface area (Å²) in [6, 6.07) is 0. The molecule has 11 saturated heterocycles. The Labute approximate surface area is 564 Å². The van der Waals surface area contributed by atoms with Crippen LogP contribution in [0, 0.1) is 0 Å². The molecular formula is C55H90O45. The van der Waals surface area contributed by atoms with Crippen molar-refractivity contribution in [2.45, 2.75) is 271 Å². The van der Waals surface area contributed by atoms with Crippen molar-refractivity contribution in [3.63, 3.8) is 0 Å². The van der Waals surface area contributed by atoms with Gasteiger partial charge >= 0.3 is 0 Å². The summed E-state index contributed by atoms with van der Waals surface area (Å²) in [4.78, 5) is 0. The molecule has 11 rings (SSSR count). The first-order chi connectivity index (χ1) is 47.5. The van der Waals surface area contributed by atoms with E-state index in [-0.39, 0.29) is 0 Å². The lowest BCUT2D eigenvalue weighted by Crippen LogP contribution is -2.64. The molecule has 580 valence electrons. The molecule has 100 heavy (non-hydrogen) atoms. The van der Waals surface area contributed by atoms with Crippen molar-refractivity contribution in [3.05, 3.63) is 0 Å². The number of aliphatic hydroxyl groups is 24. The molecule has 11 unspecified atom stereocenters. The smallest absolute Gasteiger partial charge is 0.187 e. The van der Waals surface area contributed by atoms with Crippen LogP contribution >= 0.6 is 0 Å². The number of hydrogen-bond acceptors (Lipinski definition) is 45. The number of ether oxygens (including phenoxy) is 21. The van der Waals surface area contributed by atoms with Crippen molar-refractivity contribution in [2.24, 2.45) is 0 Å². The zero-order valence-corrected chi connectivity index (χ0v) is 52.5. The molecule has 11 aliphatic rings. The first-order valence-corrected chi connectivity index (χ1v) is 32.2. The monoisotopic (exact) mass is 1470 g/mol. The summed E-state index contributed by atoms with van der Waals surface area (Å²) in [5.41, 5.74) is 0. The standard InChI is InChI=1S/C55H90O45/c56-1-13-24(59)43(78)54(90-13)100-44-23(58)12(57)2-81-55(44)99-22-11-89-53(42(77)33(22)68)98-21-10-88-52(41(76)32(21)67)97-20-9-87-51(40(75)31(20)66)96-19-8-86-50(39(74)30(19)65)95-18-7-85-49(38(73)29(18)64)94-17-6-84-48(37(72)28(17)63)93-16-5-83-47(36(71)27(16)62)92-15-4-82-46(35(70)26(15)61)91-14-3-80-45(79)34(69)25(14)60/h12-79H,1-11H2/t12-,13+,14-,15-,16-,17-,18-,19-,20-,21-,22-,23+,24-,25+,26+,27+,28+,29+,30+,31+,32+,33+,34?,35?,36?,37?,38?,39?,40?,41?,42?,43?,44?,45-,46+,47-,48-,49-,50-,51-,52-,53-,54+,55+/m1/s1. The number of rotatable bonds is 21. The SMILES string of the molecule is OC[C@@H]1O[C@@H](OC2[C@H](O[C@@H]3CO[C@H](O[C@@H]4CO[C@H](O[C@@H]5CO[C@H](O[C@@H]6CO[C@H](O[C@@H]7CO[C@H](O[C@@H]8CO[C@H](O[C@@H]9CO[C@H](O[C@@H]%10CO[C@@H](O[C@@H]%11CO[C@@H](O)C(O)[C@H]%11O)C(O)[C@H]%10O)C(O)[C@H]9O)C(O)[C@H]8O)C(O)[C@H]7O)C(O)[C@H]6O)C(O)[C@H]5O)C(O)[C@H]4O)C(O)[C@H]3O)OC[C@@H](O)[C@@H]2O)C(O)[C@@H]1O. The minimum absolute atomic E-state index is 0.403. The van der Waals surface area contributed by atoms with E-state index < -0.39 is 343 Å². The molecule has 11 heterocycles. The lowest BCUT2D eigenvalue weighted by atomic mass is 10.0. The van der Waals surface area contributed by atoms with E-state index >= 15 is 0 Å². The van der Waals surface area contributed by atoms with E-state index in [4.69, 9.17) is 99.5 Å². The van der Waals surface area contributed by atoms with Gasteiger partial charge in [0.05, 0.1) is 72.7 Å². The maximum absolute atomic E-state index is 11.1. The van der Waals surface area contributed by atoms with Gasteiger partial charge < -0.3 is 222 Å². The lowest BCUT2D eigenvalue weighted by Gasteiger charge is -2.46. The second kappa shape index (κ2) is 34.2. The van der Waals surface area contributed by atoms with Gasteiger partial charge in [0.2, 0.25) is 0 Å². The van der Waals surface area contributed by atoms with Crippen molar-refractivity contribution in [1.29, 1.82) is 0 Å². The number of hydrogen-bond donors (Lipinski definition) is 24. The molecule has 0 aromatic heterocycles. The Hall–Kier alpha value is -1.80. The molecule has 0 spiro atoms. The minimum Gasteiger partial charge on any atom is -0.394 e. The van der Waals surface area contributed by atoms with Gasteiger partial charge in [-0.05, 0) is 0 Å². The average Bonchev–Trinajstić information content (AvgIpc) is 1.60. The third-order valence-electron chi connectivity index (χ3n) is 18.9. The molecule has 11 aliphatic heterocycles. The van der Waals surface area contributed by atoms with Crippen LogP contribution in [-0.2, 0) is 99.5 Å². The highest BCUT2D eigenvalue weighted by Gasteiger charge is 2.56. The van der Waals surface area contributed by atoms with E-state index in [2.05, 4.69) is 0 Å². The van der Waals surface area contributed by atoms with Crippen molar-refractivity contribution in [3.8, 4) is 0 Å². The van der Waals surface area contributed by atoms with Crippen LogP contribution in [0.25, 0.3) is 0 Å². The molecule has 24 N–H and O–H groups in total. The van der Waals surface area contributed by atoms with E-state index in [0.717, 1.165) is 0 Å². The second-order valence-corrected chi connectivity index (χ2v) is 25.8. The maximum Gasteiger partial charge on any atom is 0.187 e. The zero-order chi connectivity index (χ0) is 72.0. The Morgan fingerprint density at radius 1 is 0.200 bits per heavy atom. The largest absolute Gasteiger partial charge is 0.394 e. The van der Waals surface area contributed by atoms with Crippen LogP contribution in [0.15, 0.2) is 0 Å². The molecule has 0 aromatic rings. The summed E-state index contributed by atoms with van der Waals surface area (Å²) >= 11 is 0. The molecule has 0 radical (unpaired) electrons. The second-order valence-electron chi connectivity index (χ2n) is 25.8. The third kappa shape index (κ3) is 17.0. The summed E-state index contributed by atoms with van der Waals surface area (Å²) in [6.45, 7) is -6.03. The minimum atomic E-state index is -1.96. The van der Waals surface area contributed by atoms with Gasteiger partial charge in [-0.1, -0.05) is 0 Å². The molecular weight excluding hydrogens is 1380 g/mol. The number of aliphatic hydroxyl groups excluding tert-OH is 24. The summed E-state index contributed by atoms with van der Waals surface area (Å²) in [5, 5.41) is 257. The van der Waals surface area contributed by atoms with Crippen LogP contribution < -0.4 is 0 Å². The molecule has 0 aromatic carbocycles. The van der Waals surface area contributed by atoms with Crippen molar-refractivity contribution >= 4 is 0 Å². The molecule has 0 amide bonds. The Morgan fingerprint density at radius 3 is 0.650 bits per heavy atom. The van der Waals surface area contributed by atoms with E-state index in [9.17, 15) is 123 Å². The van der Waals surface area contributed by atoms with Crippen LogP contribution in [0.4, 0.5) is 0 Å². The van der Waals surface area contributed by atoms with Crippen LogP contribution in [0.2, 0.25) is 0 Å². The van der Waals surface area contributed by atoms with Crippen molar-refractivity contribution in [1.82, 2.24) is 0 Å². The highest BCUT2D eigenvalue weighted by atomic mass is 16.8. The van der Waals surface area contributed by atoms with Crippen LogP contribution in [0.5, 0.6) is 0 Å². The first-order valence-electron chi connectivity index (χ1n) is 32.2. The van der Waals surface area contributed by atoms with Gasteiger partial charge in [-0.2, -0.15) is 0 Å². The van der Waals surface area contributed by atoms with Gasteiger partial charge in [-0.3, -0.25) is 0 Å². The normalized spacial score (nSPS) is 54.6. The van der Waals surface area contributed by atoms with Crippen molar-refractivity contribution < 1.29 is 222 Å². The molecule has 0 aliphatic carbocycles. The zero-order valence-electron chi connectivity index (χ0n) is 52.5. The summed E-state index contributed by atoms with van der Waals surface area (Å²) in [7, 11) is 0. The Bertz CT molecular complexity index is 2510. The van der Waals surface area contributed by atoms with Gasteiger partial charge in [0.25, 0.3) is 0 Å². The molecule has 44 atom stereocenters. The molecule has 45 heteroatoms. The average molecular weight is 1470 g/mol. The molecule has 45 nitrogen and oxygen atoms in total. The van der Waals surface area contributed by atoms with E-state index in [1.165, 1.54) is 0 Å². The fraction of sp³-hybridized carbons (Fsp3) is 1.00. The summed E-state index contributed by atoms with van der Waals surface area (Å²) in [6.07, 6.45) is -74.3. The Morgan fingerprint density at radius 2 is 0.410 bits per heavy atom. The van der Waals surface area contributed by atoms with Gasteiger partial charge in [0.15, 0.2) is 69.2 Å². The molecule has 0 bridgehead atoms. The van der Waals surface area contributed by atoms with Gasteiger partial charge in [0.1, 0.15) is 201 Å². The van der Waals surface area contributed by atoms with E-state index in [1.54, 1.807) is 0 Å². The topological polar surface area (TPSA) is 679 Å². The summed E-state index contributed by atoms with van der Waals surface area (Å²) in [5.74, 6) is 0. The van der Waals surface area contributed by atoms with E-state index in [1.807, 2.05) is 0 Å². The van der Waals surface area contributed by atoms with Gasteiger partial charge in [-0.25, -0.2) is 0 Å². The first kappa shape index (κ1) is 79.2. The van der Waals surface area contributed by atoms with Gasteiger partial charge in [0, 0.05) is 0 Å².